The average molecular weight is 476 g/mol. The third-order valence-electron chi connectivity index (χ3n) is 5.80. The van der Waals surface area contributed by atoms with Crippen molar-refractivity contribution in [1.82, 2.24) is 0 Å². The molecule has 3 aromatic carbocycles. The number of benzene rings is 3. The first kappa shape index (κ1) is 23.7. The minimum atomic E-state index is -0.815. The molecule has 0 radical (unpaired) electrons. The molecule has 1 aliphatic rings. The van der Waals surface area contributed by atoms with Gasteiger partial charge in [0.15, 0.2) is 5.84 Å². The molecule has 0 saturated carbocycles. The van der Waals surface area contributed by atoms with Crippen LogP contribution in [-0.4, -0.2) is 29.4 Å². The fraction of sp³-hybridized carbons (Fsp3) is 0.192. The van der Waals surface area contributed by atoms with E-state index in [1.807, 2.05) is 18.2 Å². The number of nitrogens with zero attached hydrogens (tertiary/aromatic N) is 2. The van der Waals surface area contributed by atoms with Crippen molar-refractivity contribution in [2.45, 2.75) is 25.3 Å². The molecule has 2 amide bonds. The van der Waals surface area contributed by atoms with Crippen molar-refractivity contribution in [3.63, 3.8) is 0 Å². The third-order valence-corrected chi connectivity index (χ3v) is 5.80. The Bertz CT molecular complexity index is 1250. The molecule has 9 heteroatoms. The fourth-order valence-corrected chi connectivity index (χ4v) is 4.02. The molecule has 4 rings (SSSR count). The van der Waals surface area contributed by atoms with Gasteiger partial charge >= 0.3 is 0 Å². The first-order valence-electron chi connectivity index (χ1n) is 11.3. The number of carbonyl (C=O) groups excluding carboxylic acids is 2. The van der Waals surface area contributed by atoms with Crippen molar-refractivity contribution in [2.75, 3.05) is 22.1 Å². The Kier molecular flexibility index (Phi) is 7.25. The molecular formula is C26H26FN5O3. The van der Waals surface area contributed by atoms with Gasteiger partial charge in [-0.1, -0.05) is 47.6 Å². The van der Waals surface area contributed by atoms with Gasteiger partial charge < -0.3 is 26.5 Å². The lowest BCUT2D eigenvalue weighted by Crippen LogP contribution is -2.35. The second kappa shape index (κ2) is 10.7. The molecule has 3 aromatic rings. The van der Waals surface area contributed by atoms with Crippen molar-refractivity contribution >= 4 is 34.7 Å². The summed E-state index contributed by atoms with van der Waals surface area (Å²) in [5.74, 6) is -1.15. The summed E-state index contributed by atoms with van der Waals surface area (Å²) in [6.45, 7) is 0.478. The zero-order valence-corrected chi connectivity index (χ0v) is 18.9. The van der Waals surface area contributed by atoms with Crippen molar-refractivity contribution < 1.29 is 19.2 Å². The van der Waals surface area contributed by atoms with Gasteiger partial charge in [-0.3, -0.25) is 9.59 Å². The second-order valence-corrected chi connectivity index (χ2v) is 8.21. The third kappa shape index (κ3) is 5.57. The van der Waals surface area contributed by atoms with Gasteiger partial charge in [0.1, 0.15) is 11.9 Å². The number of amides is 2. The monoisotopic (exact) mass is 475 g/mol. The Morgan fingerprint density at radius 2 is 1.83 bits per heavy atom. The summed E-state index contributed by atoms with van der Waals surface area (Å²) in [7, 11) is 0. The number of piperidine rings is 1. The van der Waals surface area contributed by atoms with Crippen LogP contribution in [-0.2, 0) is 9.59 Å². The predicted octanol–water partition coefficient (Wildman–Crippen LogP) is 4.23. The lowest BCUT2D eigenvalue weighted by molar-refractivity contribution is -0.119. The van der Waals surface area contributed by atoms with Crippen molar-refractivity contribution in [3.05, 3.63) is 89.7 Å². The normalized spacial score (nSPS) is 14.9. The SMILES string of the molecule is NC(=NO)c1cccc(N[C@H](C(=O)Nc2ccc(N3CCCCC3=O)c(F)c2)c2ccccc2)c1. The van der Waals surface area contributed by atoms with Gasteiger partial charge in [0.25, 0.3) is 5.91 Å². The van der Waals surface area contributed by atoms with Crippen LogP contribution in [0.4, 0.5) is 21.5 Å². The van der Waals surface area contributed by atoms with Gasteiger partial charge in [-0.05, 0) is 48.7 Å². The Balaban J connectivity index is 1.56. The van der Waals surface area contributed by atoms with Gasteiger partial charge in [-0.25, -0.2) is 4.39 Å². The summed E-state index contributed by atoms with van der Waals surface area (Å²) in [6, 6.07) is 19.4. The summed E-state index contributed by atoms with van der Waals surface area (Å²) < 4.78 is 14.9. The lowest BCUT2D eigenvalue weighted by Gasteiger charge is -2.27. The van der Waals surface area contributed by atoms with E-state index >= 15 is 0 Å². The molecule has 0 aromatic heterocycles. The number of carbonyl (C=O) groups is 2. The van der Waals surface area contributed by atoms with Gasteiger partial charge in [-0.15, -0.1) is 0 Å². The van der Waals surface area contributed by atoms with Crippen molar-refractivity contribution in [2.24, 2.45) is 10.9 Å². The van der Waals surface area contributed by atoms with Gasteiger partial charge in [0.05, 0.1) is 5.69 Å². The number of rotatable bonds is 7. The molecule has 1 heterocycles. The molecule has 0 aliphatic carbocycles. The van der Waals surface area contributed by atoms with Crippen LogP contribution in [0, 0.1) is 5.82 Å². The molecule has 1 fully saturated rings. The molecule has 5 N–H and O–H groups in total. The molecular weight excluding hydrogens is 449 g/mol. The fourth-order valence-electron chi connectivity index (χ4n) is 4.02. The van der Waals surface area contributed by atoms with Crippen LogP contribution in [0.25, 0.3) is 0 Å². The zero-order chi connectivity index (χ0) is 24.8. The van der Waals surface area contributed by atoms with Crippen LogP contribution in [0.1, 0.15) is 36.4 Å². The number of hydrogen-bond donors (Lipinski definition) is 4. The van der Waals surface area contributed by atoms with Gasteiger partial charge in [-0.2, -0.15) is 0 Å². The number of anilines is 3. The molecule has 1 atom stereocenters. The molecule has 0 spiro atoms. The molecule has 35 heavy (non-hydrogen) atoms. The van der Waals surface area contributed by atoms with E-state index < -0.39 is 17.8 Å². The highest BCUT2D eigenvalue weighted by Crippen LogP contribution is 2.28. The van der Waals surface area contributed by atoms with Crippen LogP contribution < -0.4 is 21.3 Å². The Morgan fingerprint density at radius 1 is 1.03 bits per heavy atom. The number of oxime groups is 1. The topological polar surface area (TPSA) is 120 Å². The Labute approximate surface area is 202 Å². The minimum Gasteiger partial charge on any atom is -0.409 e. The Morgan fingerprint density at radius 3 is 2.54 bits per heavy atom. The second-order valence-electron chi connectivity index (χ2n) is 8.21. The van der Waals surface area contributed by atoms with E-state index in [2.05, 4.69) is 15.8 Å². The molecule has 1 saturated heterocycles. The number of halogens is 1. The van der Waals surface area contributed by atoms with Crippen molar-refractivity contribution in [1.29, 1.82) is 0 Å². The van der Waals surface area contributed by atoms with E-state index in [1.54, 1.807) is 42.5 Å². The summed E-state index contributed by atoms with van der Waals surface area (Å²) in [4.78, 5) is 26.9. The summed E-state index contributed by atoms with van der Waals surface area (Å²) >= 11 is 0. The van der Waals surface area contributed by atoms with E-state index in [0.29, 0.717) is 29.8 Å². The zero-order valence-electron chi connectivity index (χ0n) is 18.9. The number of hydrogen-bond acceptors (Lipinski definition) is 5. The predicted molar refractivity (Wildman–Crippen MR) is 133 cm³/mol. The van der Waals surface area contributed by atoms with Crippen LogP contribution in [0.15, 0.2) is 78.0 Å². The summed E-state index contributed by atoms with van der Waals surface area (Å²) in [5, 5.41) is 17.9. The standard InChI is InChI=1S/C26H26FN5O3/c27-21-16-20(12-13-22(21)32-14-5-4-11-23(32)33)30-26(34)24(17-7-2-1-3-8-17)29-19-10-6-9-18(15-19)25(28)31-35/h1-3,6-10,12-13,15-16,24,29,35H,4-5,11,14H2,(H2,28,31)(H,30,34)/t24-/m0/s1. The molecule has 0 bridgehead atoms. The van der Waals surface area contributed by atoms with E-state index in [9.17, 15) is 14.0 Å². The highest BCUT2D eigenvalue weighted by Gasteiger charge is 2.24. The van der Waals surface area contributed by atoms with Crippen molar-refractivity contribution in [3.8, 4) is 0 Å². The maximum atomic E-state index is 14.9. The van der Waals surface area contributed by atoms with E-state index in [-0.39, 0.29) is 23.1 Å². The first-order valence-corrected chi connectivity index (χ1v) is 11.3. The van der Waals surface area contributed by atoms with Crippen LogP contribution in [0.5, 0.6) is 0 Å². The van der Waals surface area contributed by atoms with E-state index in [0.717, 1.165) is 12.8 Å². The number of nitrogens with one attached hydrogen (secondary N) is 2. The number of amidine groups is 1. The first-order chi connectivity index (χ1) is 17.0. The van der Waals surface area contributed by atoms with Gasteiger partial charge in [0.2, 0.25) is 5.91 Å². The Hall–Kier alpha value is -4.40. The molecule has 180 valence electrons. The van der Waals surface area contributed by atoms with E-state index in [1.165, 1.54) is 17.0 Å². The highest BCUT2D eigenvalue weighted by atomic mass is 19.1. The summed E-state index contributed by atoms with van der Waals surface area (Å²) in [5.41, 5.74) is 7.92. The smallest absolute Gasteiger partial charge is 0.251 e. The largest absolute Gasteiger partial charge is 0.409 e. The average Bonchev–Trinajstić information content (AvgIpc) is 2.88. The molecule has 1 aliphatic heterocycles. The number of nitrogens with two attached hydrogens (primary N) is 1. The van der Waals surface area contributed by atoms with Crippen LogP contribution in [0.2, 0.25) is 0 Å². The lowest BCUT2D eigenvalue weighted by atomic mass is 10.0. The van der Waals surface area contributed by atoms with Crippen LogP contribution in [0.3, 0.4) is 0 Å². The minimum absolute atomic E-state index is 0.0582. The van der Waals surface area contributed by atoms with E-state index in [4.69, 9.17) is 10.9 Å². The molecule has 8 nitrogen and oxygen atoms in total. The van der Waals surface area contributed by atoms with Gasteiger partial charge in [0, 0.05) is 29.9 Å². The summed E-state index contributed by atoms with van der Waals surface area (Å²) in [6.07, 6.45) is 2.03. The maximum Gasteiger partial charge on any atom is 0.251 e. The highest BCUT2D eigenvalue weighted by molar-refractivity contribution is 6.00. The maximum absolute atomic E-state index is 14.9. The molecule has 0 unspecified atom stereocenters. The van der Waals surface area contributed by atoms with Crippen LogP contribution >= 0.6 is 0 Å². The quantitative estimate of drug-likeness (QED) is 0.176.